The van der Waals surface area contributed by atoms with E-state index in [2.05, 4.69) is 0 Å². The third-order valence-electron chi connectivity index (χ3n) is 3.03. The molecule has 0 spiro atoms. The molecule has 0 aliphatic carbocycles. The summed E-state index contributed by atoms with van der Waals surface area (Å²) in [6, 6.07) is 10.5. The quantitative estimate of drug-likeness (QED) is 0.800. The molecule has 1 aromatic heterocycles. The van der Waals surface area contributed by atoms with Crippen molar-refractivity contribution >= 4 is 12.1 Å². The first-order chi connectivity index (χ1) is 10.8. The maximum atomic E-state index is 12.2. The largest absolute Gasteiger partial charge is 0.462 e. The van der Waals surface area contributed by atoms with E-state index in [4.69, 9.17) is 9.47 Å². The van der Waals surface area contributed by atoms with Gasteiger partial charge in [0.1, 0.15) is 5.60 Å². The average Bonchev–Trinajstić information content (AvgIpc) is 2.95. The number of hydrogen-bond donors (Lipinski definition) is 0. The van der Waals surface area contributed by atoms with Crippen molar-refractivity contribution in [2.75, 3.05) is 6.61 Å². The first kappa shape index (κ1) is 16.8. The Balaban J connectivity index is 2.25. The van der Waals surface area contributed by atoms with Crippen LogP contribution in [0.4, 0.5) is 4.79 Å². The summed E-state index contributed by atoms with van der Waals surface area (Å²) in [5, 5.41) is 0. The van der Waals surface area contributed by atoms with Gasteiger partial charge in [0.05, 0.1) is 17.9 Å². The Bertz CT molecular complexity index is 693. The minimum Gasteiger partial charge on any atom is -0.462 e. The Morgan fingerprint density at radius 1 is 1.09 bits per heavy atom. The number of carbonyl (C=O) groups is 2. The third kappa shape index (κ3) is 4.22. The lowest BCUT2D eigenvalue weighted by molar-refractivity contribution is 0.0520. The van der Waals surface area contributed by atoms with Crippen LogP contribution >= 0.6 is 0 Å². The van der Waals surface area contributed by atoms with E-state index in [1.54, 1.807) is 43.5 Å². The van der Waals surface area contributed by atoms with Gasteiger partial charge in [-0.15, -0.1) is 0 Å². The van der Waals surface area contributed by atoms with Crippen molar-refractivity contribution in [3.63, 3.8) is 0 Å². The van der Waals surface area contributed by atoms with Crippen LogP contribution in [0.1, 0.15) is 38.1 Å². The normalized spacial score (nSPS) is 11.1. The molecular formula is C18H21NO4. The number of benzene rings is 1. The van der Waals surface area contributed by atoms with E-state index in [1.807, 2.05) is 26.8 Å². The summed E-state index contributed by atoms with van der Waals surface area (Å²) in [5.41, 5.74) is 1.43. The maximum Gasteiger partial charge on any atom is 0.418 e. The monoisotopic (exact) mass is 315 g/mol. The molecule has 0 bridgehead atoms. The molecular weight excluding hydrogens is 294 g/mol. The molecule has 0 saturated carbocycles. The molecule has 5 nitrogen and oxygen atoms in total. The highest BCUT2D eigenvalue weighted by atomic mass is 16.6. The summed E-state index contributed by atoms with van der Waals surface area (Å²) in [6.07, 6.45) is 1.22. The topological polar surface area (TPSA) is 57.5 Å². The van der Waals surface area contributed by atoms with Gasteiger partial charge in [-0.2, -0.15) is 0 Å². The van der Waals surface area contributed by atoms with Crippen LogP contribution < -0.4 is 0 Å². The fourth-order valence-electron chi connectivity index (χ4n) is 2.08. The summed E-state index contributed by atoms with van der Waals surface area (Å²) in [6.45, 7) is 7.56. The standard InChI is InChI=1S/C18H21NO4/c1-5-22-16(20)14-10-8-13(9-11-14)15-7-6-12-19(15)17(21)23-18(2,3)4/h6-12H,5H2,1-4H3. The van der Waals surface area contributed by atoms with Crippen LogP contribution in [0.2, 0.25) is 0 Å². The Morgan fingerprint density at radius 2 is 1.74 bits per heavy atom. The number of hydrogen-bond acceptors (Lipinski definition) is 4. The van der Waals surface area contributed by atoms with Crippen molar-refractivity contribution in [3.8, 4) is 11.3 Å². The molecule has 0 radical (unpaired) electrons. The van der Waals surface area contributed by atoms with Gasteiger partial charge in [-0.05, 0) is 57.5 Å². The van der Waals surface area contributed by atoms with Crippen molar-refractivity contribution in [3.05, 3.63) is 48.2 Å². The van der Waals surface area contributed by atoms with Crippen LogP contribution in [0.3, 0.4) is 0 Å². The lowest BCUT2D eigenvalue weighted by atomic mass is 10.1. The SMILES string of the molecule is CCOC(=O)c1ccc(-c2cccn2C(=O)OC(C)(C)C)cc1. The molecule has 122 valence electrons. The second kappa shape index (κ2) is 6.69. The highest BCUT2D eigenvalue weighted by Gasteiger charge is 2.19. The Labute approximate surface area is 135 Å². The second-order valence-electron chi connectivity index (χ2n) is 6.04. The number of ether oxygens (including phenoxy) is 2. The fraction of sp³-hybridized carbons (Fsp3) is 0.333. The van der Waals surface area contributed by atoms with E-state index in [-0.39, 0.29) is 5.97 Å². The van der Waals surface area contributed by atoms with Crippen LogP contribution in [0.25, 0.3) is 11.3 Å². The van der Waals surface area contributed by atoms with Gasteiger partial charge < -0.3 is 9.47 Å². The van der Waals surface area contributed by atoms with Crippen LogP contribution in [0, 0.1) is 0 Å². The van der Waals surface area contributed by atoms with Crippen molar-refractivity contribution in [2.45, 2.75) is 33.3 Å². The van der Waals surface area contributed by atoms with Crippen molar-refractivity contribution < 1.29 is 19.1 Å². The lowest BCUT2D eigenvalue weighted by Crippen LogP contribution is -2.27. The van der Waals surface area contributed by atoms with Gasteiger partial charge in [-0.1, -0.05) is 12.1 Å². The third-order valence-corrected chi connectivity index (χ3v) is 3.03. The maximum absolute atomic E-state index is 12.2. The van der Waals surface area contributed by atoms with Gasteiger partial charge in [0.15, 0.2) is 0 Å². The lowest BCUT2D eigenvalue weighted by Gasteiger charge is -2.20. The van der Waals surface area contributed by atoms with Crippen LogP contribution in [-0.4, -0.2) is 28.8 Å². The van der Waals surface area contributed by atoms with Gasteiger partial charge in [0.2, 0.25) is 0 Å². The van der Waals surface area contributed by atoms with Crippen molar-refractivity contribution in [2.24, 2.45) is 0 Å². The van der Waals surface area contributed by atoms with Gasteiger partial charge in [-0.25, -0.2) is 9.59 Å². The summed E-state index contributed by atoms with van der Waals surface area (Å²) in [4.78, 5) is 23.9. The molecule has 2 rings (SSSR count). The van der Waals surface area contributed by atoms with E-state index in [9.17, 15) is 9.59 Å². The highest BCUT2D eigenvalue weighted by molar-refractivity contribution is 5.90. The van der Waals surface area contributed by atoms with E-state index >= 15 is 0 Å². The molecule has 23 heavy (non-hydrogen) atoms. The minimum absolute atomic E-state index is 0.335. The van der Waals surface area contributed by atoms with E-state index < -0.39 is 11.7 Å². The minimum atomic E-state index is -0.563. The Hall–Kier alpha value is -2.56. The second-order valence-corrected chi connectivity index (χ2v) is 6.04. The molecule has 5 heteroatoms. The predicted octanol–water partition coefficient (Wildman–Crippen LogP) is 4.12. The molecule has 0 aliphatic heterocycles. The fourth-order valence-corrected chi connectivity index (χ4v) is 2.08. The zero-order valence-electron chi connectivity index (χ0n) is 13.8. The number of carbonyl (C=O) groups excluding carboxylic acids is 2. The molecule has 0 amide bonds. The van der Waals surface area contributed by atoms with Crippen LogP contribution in [0.5, 0.6) is 0 Å². The van der Waals surface area contributed by atoms with Gasteiger partial charge in [-0.3, -0.25) is 4.57 Å². The number of rotatable bonds is 3. The summed E-state index contributed by atoms with van der Waals surface area (Å²) in [5.74, 6) is -0.360. The molecule has 1 heterocycles. The molecule has 0 N–H and O–H groups in total. The molecule has 0 fully saturated rings. The van der Waals surface area contributed by atoms with E-state index in [0.29, 0.717) is 17.9 Å². The van der Waals surface area contributed by atoms with Crippen LogP contribution in [0.15, 0.2) is 42.6 Å². The summed E-state index contributed by atoms with van der Waals surface area (Å²) >= 11 is 0. The van der Waals surface area contributed by atoms with Crippen molar-refractivity contribution in [1.82, 2.24) is 4.57 Å². The molecule has 2 aromatic rings. The first-order valence-corrected chi connectivity index (χ1v) is 7.50. The smallest absolute Gasteiger partial charge is 0.418 e. The Morgan fingerprint density at radius 3 is 2.30 bits per heavy atom. The predicted molar refractivity (Wildman–Crippen MR) is 87.5 cm³/mol. The number of esters is 1. The molecule has 0 unspecified atom stereocenters. The van der Waals surface area contributed by atoms with Crippen molar-refractivity contribution in [1.29, 1.82) is 0 Å². The summed E-state index contributed by atoms with van der Waals surface area (Å²) in [7, 11) is 0. The first-order valence-electron chi connectivity index (χ1n) is 7.50. The zero-order chi connectivity index (χ0) is 17.0. The van der Waals surface area contributed by atoms with Gasteiger partial charge in [0, 0.05) is 6.20 Å². The number of aromatic nitrogens is 1. The highest BCUT2D eigenvalue weighted by Crippen LogP contribution is 2.22. The molecule has 0 aliphatic rings. The Kier molecular flexibility index (Phi) is 4.89. The van der Waals surface area contributed by atoms with Gasteiger partial charge in [0.25, 0.3) is 0 Å². The summed E-state index contributed by atoms with van der Waals surface area (Å²) < 4.78 is 11.8. The average molecular weight is 315 g/mol. The van der Waals surface area contributed by atoms with E-state index in [1.165, 1.54) is 4.57 Å². The molecule has 0 saturated heterocycles. The number of nitrogens with zero attached hydrogens (tertiary/aromatic N) is 1. The molecule has 1 aromatic carbocycles. The van der Waals surface area contributed by atoms with Gasteiger partial charge >= 0.3 is 12.1 Å². The van der Waals surface area contributed by atoms with Crippen LogP contribution in [-0.2, 0) is 9.47 Å². The van der Waals surface area contributed by atoms with E-state index in [0.717, 1.165) is 5.56 Å². The zero-order valence-corrected chi connectivity index (χ0v) is 13.8. The molecule has 0 atom stereocenters.